The van der Waals surface area contributed by atoms with Crippen LogP contribution in [0.1, 0.15) is 12.8 Å². The summed E-state index contributed by atoms with van der Waals surface area (Å²) in [6.07, 6.45) is 1.47. The summed E-state index contributed by atoms with van der Waals surface area (Å²) in [6, 6.07) is 0. The Morgan fingerprint density at radius 1 is 1.30 bits per heavy atom. The molecule has 0 unspecified atom stereocenters. The molecule has 0 aliphatic carbocycles. The van der Waals surface area contributed by atoms with E-state index in [-0.39, 0.29) is 13.2 Å². The van der Waals surface area contributed by atoms with Crippen molar-refractivity contribution < 1.29 is 20.0 Å². The maximum absolute atomic E-state index is 8.78. The molecule has 0 bridgehead atoms. The van der Waals surface area contributed by atoms with E-state index in [1.54, 1.807) is 0 Å². The highest BCUT2D eigenvalue weighted by Gasteiger charge is 2.33. The van der Waals surface area contributed by atoms with Gasteiger partial charge in [0.15, 0.2) is 0 Å². The van der Waals surface area contributed by atoms with Crippen molar-refractivity contribution in [3.8, 4) is 0 Å². The van der Waals surface area contributed by atoms with Crippen LogP contribution in [-0.2, 0) is 9.78 Å². The van der Waals surface area contributed by atoms with Gasteiger partial charge in [-0.3, -0.25) is 0 Å². The number of rotatable bonds is 2. The van der Waals surface area contributed by atoms with Crippen LogP contribution in [0, 0.1) is 0 Å². The second kappa shape index (κ2) is 3.30. The van der Waals surface area contributed by atoms with Crippen molar-refractivity contribution in [1.29, 1.82) is 0 Å². The van der Waals surface area contributed by atoms with E-state index in [0.717, 1.165) is 6.42 Å². The van der Waals surface area contributed by atoms with Gasteiger partial charge in [0.05, 0.1) is 19.8 Å². The zero-order valence-electron chi connectivity index (χ0n) is 5.75. The van der Waals surface area contributed by atoms with Crippen LogP contribution in [0.15, 0.2) is 0 Å². The van der Waals surface area contributed by atoms with Crippen LogP contribution in [0.25, 0.3) is 0 Å². The Kier molecular flexibility index (Phi) is 2.62. The van der Waals surface area contributed by atoms with Crippen LogP contribution < -0.4 is 0 Å². The fourth-order valence-electron chi connectivity index (χ4n) is 0.922. The Morgan fingerprint density at radius 3 is 2.30 bits per heavy atom. The van der Waals surface area contributed by atoms with Crippen molar-refractivity contribution in [2.75, 3.05) is 19.8 Å². The van der Waals surface area contributed by atoms with Crippen LogP contribution >= 0.6 is 0 Å². The average molecular weight is 148 g/mol. The summed E-state index contributed by atoms with van der Waals surface area (Å²) in [4.78, 5) is 9.41. The Bertz CT molecular complexity index is 91.9. The van der Waals surface area contributed by atoms with Gasteiger partial charge >= 0.3 is 0 Å². The van der Waals surface area contributed by atoms with E-state index in [0.29, 0.717) is 13.0 Å². The van der Waals surface area contributed by atoms with Crippen molar-refractivity contribution in [3.63, 3.8) is 0 Å². The summed E-state index contributed by atoms with van der Waals surface area (Å²) >= 11 is 0. The van der Waals surface area contributed by atoms with Gasteiger partial charge in [0.1, 0.15) is 5.60 Å². The fraction of sp³-hybridized carbons (Fsp3) is 1.00. The number of hydrogen-bond acceptors (Lipinski definition) is 4. The molecule has 0 spiro atoms. The number of hydrogen-bond donors (Lipinski definition) is 2. The van der Waals surface area contributed by atoms with Crippen molar-refractivity contribution in [2.45, 2.75) is 18.4 Å². The van der Waals surface area contributed by atoms with Crippen molar-refractivity contribution in [2.24, 2.45) is 0 Å². The van der Waals surface area contributed by atoms with Crippen LogP contribution in [-0.4, -0.2) is 35.6 Å². The lowest BCUT2D eigenvalue weighted by atomic mass is 10.00. The van der Waals surface area contributed by atoms with Gasteiger partial charge in [-0.25, -0.2) is 9.78 Å². The van der Waals surface area contributed by atoms with Gasteiger partial charge in [-0.1, -0.05) is 0 Å². The van der Waals surface area contributed by atoms with Crippen molar-refractivity contribution in [1.82, 2.24) is 0 Å². The van der Waals surface area contributed by atoms with Gasteiger partial charge in [0.2, 0.25) is 0 Å². The monoisotopic (exact) mass is 148 g/mol. The highest BCUT2D eigenvalue weighted by Crippen LogP contribution is 2.21. The maximum atomic E-state index is 8.78. The first-order valence-electron chi connectivity index (χ1n) is 3.35. The molecule has 4 heteroatoms. The van der Waals surface area contributed by atoms with Gasteiger partial charge in [-0.15, -0.1) is 0 Å². The van der Waals surface area contributed by atoms with Crippen LogP contribution in [0.4, 0.5) is 0 Å². The highest BCUT2D eigenvalue weighted by atomic mass is 17.2. The molecule has 2 N–H and O–H groups in total. The first-order chi connectivity index (χ1) is 4.83. The minimum Gasteiger partial charge on any atom is -0.393 e. The molecule has 0 aromatic heterocycles. The molecule has 1 heterocycles. The lowest BCUT2D eigenvalue weighted by Crippen LogP contribution is -2.43. The van der Waals surface area contributed by atoms with Gasteiger partial charge in [0, 0.05) is 0 Å². The standard InChI is InChI=1S/C6H12O4/c7-4-6(5-8)2-1-3-9-10-6/h7-8H,1-5H2. The molecule has 0 amide bonds. The van der Waals surface area contributed by atoms with E-state index in [9.17, 15) is 0 Å². The van der Waals surface area contributed by atoms with E-state index in [4.69, 9.17) is 15.1 Å². The van der Waals surface area contributed by atoms with Crippen LogP contribution in [0.2, 0.25) is 0 Å². The minimum atomic E-state index is -0.849. The zero-order valence-corrected chi connectivity index (χ0v) is 5.75. The molecule has 1 fully saturated rings. The van der Waals surface area contributed by atoms with Crippen LogP contribution in [0.3, 0.4) is 0 Å². The van der Waals surface area contributed by atoms with Crippen molar-refractivity contribution in [3.05, 3.63) is 0 Å². The molecule has 1 aliphatic heterocycles. The molecule has 1 aliphatic rings. The zero-order chi connectivity index (χ0) is 7.45. The predicted molar refractivity (Wildman–Crippen MR) is 33.2 cm³/mol. The molecule has 10 heavy (non-hydrogen) atoms. The minimum absolute atomic E-state index is 0.191. The van der Waals surface area contributed by atoms with Gasteiger partial charge in [0.25, 0.3) is 0 Å². The summed E-state index contributed by atoms with van der Waals surface area (Å²) in [7, 11) is 0. The normalized spacial score (nSPS) is 24.6. The summed E-state index contributed by atoms with van der Waals surface area (Å²) in [6.45, 7) is 0.161. The predicted octanol–water partition coefficient (Wildman–Crippen LogP) is -0.548. The third-order valence-electron chi connectivity index (χ3n) is 1.67. The van der Waals surface area contributed by atoms with Gasteiger partial charge in [-0.2, -0.15) is 0 Å². The van der Waals surface area contributed by atoms with Crippen LogP contribution in [0.5, 0.6) is 0 Å². The third kappa shape index (κ3) is 1.46. The summed E-state index contributed by atoms with van der Waals surface area (Å²) < 4.78 is 0. The maximum Gasteiger partial charge on any atom is 0.149 e. The lowest BCUT2D eigenvalue weighted by Gasteiger charge is -2.31. The first kappa shape index (κ1) is 7.94. The smallest absolute Gasteiger partial charge is 0.149 e. The Labute approximate surface area is 59.3 Å². The molecule has 0 radical (unpaired) electrons. The van der Waals surface area contributed by atoms with Gasteiger partial charge in [-0.05, 0) is 12.8 Å². The van der Waals surface area contributed by atoms with E-state index >= 15 is 0 Å². The summed E-state index contributed by atoms with van der Waals surface area (Å²) in [5, 5.41) is 17.6. The Hall–Kier alpha value is -0.160. The van der Waals surface area contributed by atoms with E-state index < -0.39 is 5.60 Å². The molecular weight excluding hydrogens is 136 g/mol. The molecule has 0 aromatic rings. The summed E-state index contributed by atoms with van der Waals surface area (Å²) in [5.74, 6) is 0. The molecule has 0 atom stereocenters. The SMILES string of the molecule is OCC1(CO)CCCOO1. The second-order valence-corrected chi connectivity index (χ2v) is 2.51. The quantitative estimate of drug-likeness (QED) is 0.516. The van der Waals surface area contributed by atoms with E-state index in [1.807, 2.05) is 0 Å². The third-order valence-corrected chi connectivity index (χ3v) is 1.67. The molecule has 4 nitrogen and oxygen atoms in total. The highest BCUT2D eigenvalue weighted by molar-refractivity contribution is 4.78. The molecule has 1 rings (SSSR count). The molecule has 1 saturated heterocycles. The average Bonchev–Trinajstić information content (AvgIpc) is 2.06. The lowest BCUT2D eigenvalue weighted by molar-refractivity contribution is -0.394. The molecule has 0 aromatic carbocycles. The van der Waals surface area contributed by atoms with E-state index in [2.05, 4.69) is 4.89 Å². The van der Waals surface area contributed by atoms with Gasteiger partial charge < -0.3 is 10.2 Å². The largest absolute Gasteiger partial charge is 0.393 e. The Morgan fingerprint density at radius 2 is 2.00 bits per heavy atom. The van der Waals surface area contributed by atoms with E-state index in [1.165, 1.54) is 0 Å². The fourth-order valence-corrected chi connectivity index (χ4v) is 0.922. The number of aliphatic hydroxyl groups excluding tert-OH is 2. The summed E-state index contributed by atoms with van der Waals surface area (Å²) in [5.41, 5.74) is -0.849. The molecule has 60 valence electrons. The Balaban J connectivity index is 2.44. The first-order valence-corrected chi connectivity index (χ1v) is 3.35. The van der Waals surface area contributed by atoms with Crippen molar-refractivity contribution >= 4 is 0 Å². The number of aliphatic hydroxyl groups is 2. The second-order valence-electron chi connectivity index (χ2n) is 2.51. The molecular formula is C6H12O4. The molecule has 0 saturated carbocycles. The topological polar surface area (TPSA) is 58.9 Å².